The predicted octanol–water partition coefficient (Wildman–Crippen LogP) is 3.59. The summed E-state index contributed by atoms with van der Waals surface area (Å²) in [4.78, 5) is 17.0. The Kier molecular flexibility index (Phi) is 5.16. The number of benzene rings is 1. The number of nitrogens with one attached hydrogen (secondary N) is 1. The topological polar surface area (TPSA) is 45.3 Å². The first-order valence-corrected chi connectivity index (χ1v) is 8.45. The maximum atomic E-state index is 12.0. The van der Waals surface area contributed by atoms with Crippen LogP contribution in [-0.4, -0.2) is 37.1 Å². The van der Waals surface area contributed by atoms with Gasteiger partial charge in [-0.3, -0.25) is 4.79 Å². The lowest BCUT2D eigenvalue weighted by atomic mass is 9.96. The smallest absolute Gasteiger partial charge is 0.249 e. The number of fused-ring (bicyclic) bond motifs is 1. The second-order valence-corrected chi connectivity index (χ2v) is 6.40. The number of ether oxygens (including phenoxy) is 1. The fraction of sp³-hybridized carbons (Fsp3) is 0.350. The van der Waals surface area contributed by atoms with E-state index in [0.29, 0.717) is 6.61 Å². The first kappa shape index (κ1) is 16.5. The second-order valence-electron chi connectivity index (χ2n) is 6.40. The van der Waals surface area contributed by atoms with E-state index in [-0.39, 0.29) is 5.56 Å². The minimum atomic E-state index is -0.0722. The van der Waals surface area contributed by atoms with Gasteiger partial charge in [0.25, 0.3) is 0 Å². The Morgan fingerprint density at radius 3 is 2.83 bits per heavy atom. The highest BCUT2D eigenvalue weighted by Crippen LogP contribution is 2.29. The van der Waals surface area contributed by atoms with Gasteiger partial charge >= 0.3 is 0 Å². The van der Waals surface area contributed by atoms with Crippen molar-refractivity contribution in [3.05, 3.63) is 58.4 Å². The van der Waals surface area contributed by atoms with Crippen molar-refractivity contribution in [2.75, 3.05) is 27.2 Å². The number of nitrogens with zero attached hydrogens (tertiary/aromatic N) is 1. The normalized spacial score (nSPS) is 14.2. The minimum Gasteiger partial charge on any atom is -0.494 e. The summed E-state index contributed by atoms with van der Waals surface area (Å²) < 4.78 is 5.88. The molecular formula is C20H24N2O2. The van der Waals surface area contributed by atoms with Gasteiger partial charge in [0.1, 0.15) is 5.75 Å². The molecule has 1 aromatic carbocycles. The molecule has 0 unspecified atom stereocenters. The maximum absolute atomic E-state index is 12.0. The molecule has 2 aromatic rings. The Bertz CT molecular complexity index is 831. The molecular weight excluding hydrogens is 300 g/mol. The van der Waals surface area contributed by atoms with Crippen LogP contribution in [0.1, 0.15) is 24.8 Å². The lowest BCUT2D eigenvalue weighted by molar-refractivity contribution is 0.282. The molecule has 0 saturated heterocycles. The van der Waals surface area contributed by atoms with Crippen LogP contribution in [-0.2, 0) is 0 Å². The summed E-state index contributed by atoms with van der Waals surface area (Å²) in [6, 6.07) is 7.55. The van der Waals surface area contributed by atoms with Gasteiger partial charge in [0.05, 0.1) is 6.61 Å². The summed E-state index contributed by atoms with van der Waals surface area (Å²) in [6.45, 7) is 1.69. The van der Waals surface area contributed by atoms with E-state index >= 15 is 0 Å². The molecule has 0 saturated carbocycles. The summed E-state index contributed by atoms with van der Waals surface area (Å²) in [5.41, 5.74) is 2.86. The van der Waals surface area contributed by atoms with E-state index in [1.807, 2.05) is 18.2 Å². The highest BCUT2D eigenvalue weighted by molar-refractivity contribution is 5.94. The third-order valence-electron chi connectivity index (χ3n) is 4.14. The average molecular weight is 324 g/mol. The average Bonchev–Trinajstić information content (AvgIpc) is 2.59. The van der Waals surface area contributed by atoms with Gasteiger partial charge in [-0.15, -0.1) is 0 Å². The second kappa shape index (κ2) is 7.49. The largest absolute Gasteiger partial charge is 0.494 e. The van der Waals surface area contributed by atoms with Crippen molar-refractivity contribution < 1.29 is 4.74 Å². The highest BCUT2D eigenvalue weighted by atomic mass is 16.5. The van der Waals surface area contributed by atoms with Crippen molar-refractivity contribution >= 4 is 16.5 Å². The Labute approximate surface area is 142 Å². The molecule has 0 amide bonds. The summed E-state index contributed by atoms with van der Waals surface area (Å²) in [5, 5.41) is 1.03. The quantitative estimate of drug-likeness (QED) is 0.826. The van der Waals surface area contributed by atoms with Crippen molar-refractivity contribution in [3.8, 4) is 5.75 Å². The van der Waals surface area contributed by atoms with Crippen LogP contribution in [0.5, 0.6) is 5.75 Å². The van der Waals surface area contributed by atoms with Crippen molar-refractivity contribution in [2.24, 2.45) is 0 Å². The van der Waals surface area contributed by atoms with Crippen LogP contribution in [0.4, 0.5) is 0 Å². The molecule has 1 aromatic heterocycles. The molecule has 4 nitrogen and oxygen atoms in total. The van der Waals surface area contributed by atoms with Gasteiger partial charge in [0, 0.05) is 23.5 Å². The van der Waals surface area contributed by atoms with Gasteiger partial charge in [-0.2, -0.15) is 0 Å². The first-order chi connectivity index (χ1) is 11.6. The summed E-state index contributed by atoms with van der Waals surface area (Å²) in [7, 11) is 4.12. The van der Waals surface area contributed by atoms with E-state index in [0.717, 1.165) is 53.6 Å². The molecule has 0 fully saturated rings. The van der Waals surface area contributed by atoms with E-state index in [1.54, 1.807) is 6.07 Å². The lowest BCUT2D eigenvalue weighted by Gasteiger charge is -2.13. The van der Waals surface area contributed by atoms with Crippen molar-refractivity contribution in [1.29, 1.82) is 0 Å². The molecule has 126 valence electrons. The van der Waals surface area contributed by atoms with Gasteiger partial charge in [-0.25, -0.2) is 0 Å². The molecule has 0 atom stereocenters. The Morgan fingerprint density at radius 1 is 1.21 bits per heavy atom. The van der Waals surface area contributed by atoms with Crippen LogP contribution >= 0.6 is 0 Å². The van der Waals surface area contributed by atoms with Gasteiger partial charge in [0.2, 0.25) is 5.56 Å². The number of aromatic nitrogens is 1. The van der Waals surface area contributed by atoms with Crippen molar-refractivity contribution in [2.45, 2.75) is 19.3 Å². The zero-order valence-corrected chi connectivity index (χ0v) is 14.3. The zero-order valence-electron chi connectivity index (χ0n) is 14.3. The maximum Gasteiger partial charge on any atom is 0.249 e. The molecule has 0 spiro atoms. The molecule has 0 aliphatic heterocycles. The van der Waals surface area contributed by atoms with Crippen molar-refractivity contribution in [1.82, 2.24) is 9.88 Å². The molecule has 3 rings (SSSR count). The summed E-state index contributed by atoms with van der Waals surface area (Å²) in [6.07, 6.45) is 9.51. The number of pyridine rings is 1. The van der Waals surface area contributed by atoms with Gasteiger partial charge in [-0.1, -0.05) is 18.2 Å². The monoisotopic (exact) mass is 324 g/mol. The lowest BCUT2D eigenvalue weighted by Crippen LogP contribution is -2.15. The predicted molar refractivity (Wildman–Crippen MR) is 99.6 cm³/mol. The van der Waals surface area contributed by atoms with E-state index in [9.17, 15) is 4.79 Å². The van der Waals surface area contributed by atoms with Crippen LogP contribution in [0.25, 0.3) is 16.5 Å². The molecule has 4 heteroatoms. The van der Waals surface area contributed by atoms with Gasteiger partial charge in [-0.05, 0) is 62.7 Å². The molecule has 0 radical (unpaired) electrons. The number of H-pyrrole nitrogens is 1. The number of rotatable bonds is 6. The SMILES string of the molecule is CN(C)CCCOc1ccc2[nH]c(=O)cc(C3=CCCC=C3)c2c1. The molecule has 0 bridgehead atoms. The van der Waals surface area contributed by atoms with Crippen LogP contribution in [0.15, 0.2) is 47.3 Å². The highest BCUT2D eigenvalue weighted by Gasteiger charge is 2.09. The van der Waals surface area contributed by atoms with E-state index in [1.165, 1.54) is 0 Å². The molecule has 1 aliphatic rings. The van der Waals surface area contributed by atoms with E-state index in [4.69, 9.17) is 4.74 Å². The number of aromatic amines is 1. The molecule has 1 N–H and O–H groups in total. The summed E-state index contributed by atoms with van der Waals surface area (Å²) in [5.74, 6) is 0.843. The molecule has 1 aliphatic carbocycles. The van der Waals surface area contributed by atoms with Crippen LogP contribution < -0.4 is 10.3 Å². The number of hydrogen-bond acceptors (Lipinski definition) is 3. The number of allylic oxidation sites excluding steroid dienone is 4. The Hall–Kier alpha value is -2.33. The van der Waals surface area contributed by atoms with Crippen LogP contribution in [0.3, 0.4) is 0 Å². The van der Waals surface area contributed by atoms with Crippen LogP contribution in [0, 0.1) is 0 Å². The minimum absolute atomic E-state index is 0.0722. The van der Waals surface area contributed by atoms with Gasteiger partial charge in [0.15, 0.2) is 0 Å². The van der Waals surface area contributed by atoms with Crippen LogP contribution in [0.2, 0.25) is 0 Å². The van der Waals surface area contributed by atoms with E-state index < -0.39 is 0 Å². The standard InChI is InChI=1S/C20H24N2O2/c1-22(2)11-6-12-24-16-9-10-19-18(13-16)17(14-20(23)21-19)15-7-4-3-5-8-15/h4,7-10,13-14H,3,5-6,11-12H2,1-2H3,(H,21,23). The molecule has 24 heavy (non-hydrogen) atoms. The fourth-order valence-electron chi connectivity index (χ4n) is 2.95. The Morgan fingerprint density at radius 2 is 2.08 bits per heavy atom. The first-order valence-electron chi connectivity index (χ1n) is 8.45. The summed E-state index contributed by atoms with van der Waals surface area (Å²) >= 11 is 0. The Balaban J connectivity index is 1.90. The zero-order chi connectivity index (χ0) is 16.9. The molecule has 1 heterocycles. The van der Waals surface area contributed by atoms with Crippen molar-refractivity contribution in [3.63, 3.8) is 0 Å². The van der Waals surface area contributed by atoms with Gasteiger partial charge < -0.3 is 14.6 Å². The third kappa shape index (κ3) is 3.95. The fourth-order valence-corrected chi connectivity index (χ4v) is 2.95. The van der Waals surface area contributed by atoms with E-state index in [2.05, 4.69) is 42.2 Å². The number of hydrogen-bond donors (Lipinski definition) is 1. The third-order valence-corrected chi connectivity index (χ3v) is 4.14.